The van der Waals surface area contributed by atoms with Crippen molar-refractivity contribution in [3.63, 3.8) is 0 Å². The molecule has 1 saturated heterocycles. The Hall–Kier alpha value is -1.68. The Balaban J connectivity index is 1.30. The van der Waals surface area contributed by atoms with Crippen molar-refractivity contribution in [2.45, 2.75) is 50.5 Å². The average Bonchev–Trinajstić information content (AvgIpc) is 3.34. The van der Waals surface area contributed by atoms with E-state index in [9.17, 15) is 0 Å². The Kier molecular flexibility index (Phi) is 4.17. The zero-order chi connectivity index (χ0) is 15.6. The number of hydrogen-bond acceptors (Lipinski definition) is 3. The van der Waals surface area contributed by atoms with Crippen molar-refractivity contribution in [2.75, 3.05) is 19.6 Å². The normalized spacial score (nSPS) is 21.4. The number of benzene rings is 1. The fourth-order valence-electron chi connectivity index (χ4n) is 3.68. The molecule has 1 aliphatic heterocycles. The van der Waals surface area contributed by atoms with Gasteiger partial charge in [-0.15, -0.1) is 5.10 Å². The molecule has 2 aromatic rings. The highest BCUT2D eigenvalue weighted by Crippen LogP contribution is 2.39. The van der Waals surface area contributed by atoms with Crippen molar-refractivity contribution in [3.05, 3.63) is 47.8 Å². The Labute approximate surface area is 138 Å². The minimum Gasteiger partial charge on any atom is -0.303 e. The van der Waals surface area contributed by atoms with Crippen molar-refractivity contribution in [2.24, 2.45) is 0 Å². The fourth-order valence-corrected chi connectivity index (χ4v) is 3.68. The third-order valence-electron chi connectivity index (χ3n) is 5.36. The van der Waals surface area contributed by atoms with Gasteiger partial charge in [-0.25, -0.2) is 4.68 Å². The van der Waals surface area contributed by atoms with Crippen LogP contribution >= 0.6 is 0 Å². The van der Waals surface area contributed by atoms with E-state index in [0.29, 0.717) is 17.9 Å². The number of likely N-dealkylation sites (tertiary alicyclic amines) is 1. The van der Waals surface area contributed by atoms with Crippen LogP contribution in [0.1, 0.15) is 61.7 Å². The molecule has 1 aliphatic carbocycles. The topological polar surface area (TPSA) is 34.0 Å². The number of nitrogens with zero attached hydrogens (tertiary/aromatic N) is 4. The number of rotatable bonds is 5. The first-order valence-corrected chi connectivity index (χ1v) is 8.98. The quantitative estimate of drug-likeness (QED) is 0.846. The summed E-state index contributed by atoms with van der Waals surface area (Å²) in [5.41, 5.74) is 2.66. The molecule has 4 heteroatoms. The van der Waals surface area contributed by atoms with Gasteiger partial charge in [0, 0.05) is 31.7 Å². The molecule has 0 spiro atoms. The van der Waals surface area contributed by atoms with Crippen LogP contribution in [0.5, 0.6) is 0 Å². The van der Waals surface area contributed by atoms with Crippen LogP contribution in [-0.4, -0.2) is 39.5 Å². The lowest BCUT2D eigenvalue weighted by Gasteiger charge is -2.33. The maximum absolute atomic E-state index is 4.38. The standard InChI is InChI=1S/C19H26N4/c1-15(16-5-3-2-4-6-16)13-22-11-9-18(10-12-22)23-14-19(20-21-23)17-7-8-17/h2-6,14-15,17-18H,7-13H2,1H3/t15-/m0/s1. The summed E-state index contributed by atoms with van der Waals surface area (Å²) in [5.74, 6) is 1.30. The number of piperidine rings is 1. The Morgan fingerprint density at radius 3 is 2.52 bits per heavy atom. The van der Waals surface area contributed by atoms with Crippen LogP contribution in [0.2, 0.25) is 0 Å². The lowest BCUT2D eigenvalue weighted by atomic mass is 9.98. The van der Waals surface area contributed by atoms with Crippen LogP contribution in [0.4, 0.5) is 0 Å². The van der Waals surface area contributed by atoms with Gasteiger partial charge in [-0.05, 0) is 37.2 Å². The molecule has 23 heavy (non-hydrogen) atoms. The van der Waals surface area contributed by atoms with Gasteiger partial charge in [-0.1, -0.05) is 42.5 Å². The minimum atomic E-state index is 0.540. The van der Waals surface area contributed by atoms with E-state index in [4.69, 9.17) is 0 Å². The highest BCUT2D eigenvalue weighted by atomic mass is 15.4. The molecule has 2 fully saturated rings. The van der Waals surface area contributed by atoms with E-state index >= 15 is 0 Å². The summed E-state index contributed by atoms with van der Waals surface area (Å²) in [5, 5.41) is 8.74. The van der Waals surface area contributed by atoms with Crippen molar-refractivity contribution < 1.29 is 0 Å². The lowest BCUT2D eigenvalue weighted by molar-refractivity contribution is 0.172. The largest absolute Gasteiger partial charge is 0.303 e. The molecule has 0 radical (unpaired) electrons. The van der Waals surface area contributed by atoms with E-state index in [-0.39, 0.29) is 0 Å². The molecule has 1 aromatic carbocycles. The summed E-state index contributed by atoms with van der Waals surface area (Å²) in [6.07, 6.45) is 7.18. The summed E-state index contributed by atoms with van der Waals surface area (Å²) in [7, 11) is 0. The summed E-state index contributed by atoms with van der Waals surface area (Å²) in [6, 6.07) is 11.4. The van der Waals surface area contributed by atoms with Gasteiger partial charge in [0.25, 0.3) is 0 Å². The first-order valence-electron chi connectivity index (χ1n) is 8.98. The smallest absolute Gasteiger partial charge is 0.0858 e. The van der Waals surface area contributed by atoms with Gasteiger partial charge in [0.05, 0.1) is 11.7 Å². The third-order valence-corrected chi connectivity index (χ3v) is 5.36. The van der Waals surface area contributed by atoms with Gasteiger partial charge in [-0.2, -0.15) is 0 Å². The number of hydrogen-bond donors (Lipinski definition) is 0. The van der Waals surface area contributed by atoms with Crippen LogP contribution in [0, 0.1) is 0 Å². The molecule has 1 aromatic heterocycles. The average molecular weight is 310 g/mol. The Morgan fingerprint density at radius 1 is 1.09 bits per heavy atom. The van der Waals surface area contributed by atoms with E-state index in [0.717, 1.165) is 6.54 Å². The second-order valence-electron chi connectivity index (χ2n) is 7.24. The predicted octanol–water partition coefficient (Wildman–Crippen LogP) is 3.60. The predicted molar refractivity (Wildman–Crippen MR) is 91.6 cm³/mol. The minimum absolute atomic E-state index is 0.540. The van der Waals surface area contributed by atoms with Crippen LogP contribution in [-0.2, 0) is 0 Å². The van der Waals surface area contributed by atoms with Crippen LogP contribution in [0.25, 0.3) is 0 Å². The summed E-state index contributed by atoms with van der Waals surface area (Å²) < 4.78 is 2.13. The summed E-state index contributed by atoms with van der Waals surface area (Å²) in [6.45, 7) is 5.82. The highest BCUT2D eigenvalue weighted by molar-refractivity contribution is 5.19. The van der Waals surface area contributed by atoms with Crippen molar-refractivity contribution in [3.8, 4) is 0 Å². The van der Waals surface area contributed by atoms with Gasteiger partial charge < -0.3 is 4.90 Å². The van der Waals surface area contributed by atoms with Crippen LogP contribution in [0.3, 0.4) is 0 Å². The van der Waals surface area contributed by atoms with E-state index in [1.807, 2.05) is 0 Å². The van der Waals surface area contributed by atoms with Crippen molar-refractivity contribution in [1.29, 1.82) is 0 Å². The first-order chi connectivity index (χ1) is 11.3. The molecule has 0 amide bonds. The Morgan fingerprint density at radius 2 is 1.83 bits per heavy atom. The van der Waals surface area contributed by atoms with Gasteiger partial charge in [0.15, 0.2) is 0 Å². The fraction of sp³-hybridized carbons (Fsp3) is 0.579. The first kappa shape index (κ1) is 14.9. The maximum atomic E-state index is 4.38. The van der Waals surface area contributed by atoms with E-state index in [1.54, 1.807) is 0 Å². The van der Waals surface area contributed by atoms with Gasteiger partial charge in [0.2, 0.25) is 0 Å². The molecule has 1 saturated carbocycles. The molecule has 2 heterocycles. The second-order valence-corrected chi connectivity index (χ2v) is 7.24. The lowest BCUT2D eigenvalue weighted by Crippen LogP contribution is -2.37. The molecule has 4 nitrogen and oxygen atoms in total. The molecule has 0 unspecified atom stereocenters. The monoisotopic (exact) mass is 310 g/mol. The van der Waals surface area contributed by atoms with Gasteiger partial charge in [0.1, 0.15) is 0 Å². The van der Waals surface area contributed by atoms with E-state index in [2.05, 4.69) is 63.3 Å². The molecule has 0 N–H and O–H groups in total. The highest BCUT2D eigenvalue weighted by Gasteiger charge is 2.28. The van der Waals surface area contributed by atoms with Crippen molar-refractivity contribution in [1.82, 2.24) is 19.9 Å². The zero-order valence-corrected chi connectivity index (χ0v) is 13.9. The zero-order valence-electron chi connectivity index (χ0n) is 13.9. The molecule has 0 bridgehead atoms. The third kappa shape index (κ3) is 3.47. The Bertz CT molecular complexity index is 624. The summed E-state index contributed by atoms with van der Waals surface area (Å²) in [4.78, 5) is 2.60. The van der Waals surface area contributed by atoms with Crippen LogP contribution in [0.15, 0.2) is 36.5 Å². The number of aromatic nitrogens is 3. The van der Waals surface area contributed by atoms with Gasteiger partial charge >= 0.3 is 0 Å². The molecule has 1 atom stereocenters. The van der Waals surface area contributed by atoms with Crippen molar-refractivity contribution >= 4 is 0 Å². The molecular weight excluding hydrogens is 284 g/mol. The second kappa shape index (κ2) is 6.44. The summed E-state index contributed by atoms with van der Waals surface area (Å²) >= 11 is 0. The molecular formula is C19H26N4. The van der Waals surface area contributed by atoms with E-state index in [1.165, 1.54) is 50.0 Å². The van der Waals surface area contributed by atoms with E-state index < -0.39 is 0 Å². The molecule has 4 rings (SSSR count). The van der Waals surface area contributed by atoms with Crippen LogP contribution < -0.4 is 0 Å². The van der Waals surface area contributed by atoms with Gasteiger partial charge in [-0.3, -0.25) is 0 Å². The molecule has 122 valence electrons. The molecule has 2 aliphatic rings. The SMILES string of the molecule is C[C@@H](CN1CCC(n2cc(C3CC3)nn2)CC1)c1ccccc1. The maximum Gasteiger partial charge on any atom is 0.0858 e.